The van der Waals surface area contributed by atoms with Crippen molar-refractivity contribution in [2.75, 3.05) is 0 Å². The fourth-order valence-electron chi connectivity index (χ4n) is 2.93. The molecule has 1 fully saturated rings. The third-order valence-electron chi connectivity index (χ3n) is 3.81. The first-order chi connectivity index (χ1) is 6.79. The second kappa shape index (κ2) is 4.20. The summed E-state index contributed by atoms with van der Waals surface area (Å²) in [4.78, 5) is 0. The topological polar surface area (TPSA) is 26.0 Å². The largest absolute Gasteiger partial charge is 0.399 e. The van der Waals surface area contributed by atoms with Crippen LogP contribution >= 0.6 is 0 Å². The lowest BCUT2D eigenvalue weighted by Crippen LogP contribution is -2.22. The third kappa shape index (κ3) is 1.87. The molecule has 2 N–H and O–H groups in total. The molecule has 1 heteroatoms. The zero-order chi connectivity index (χ0) is 9.97. The lowest BCUT2D eigenvalue weighted by atomic mass is 9.73. The van der Waals surface area contributed by atoms with Gasteiger partial charge in [0.25, 0.3) is 0 Å². The summed E-state index contributed by atoms with van der Waals surface area (Å²) in [5.41, 5.74) is 8.68. The first-order valence-corrected chi connectivity index (χ1v) is 5.94. The second-order valence-electron chi connectivity index (χ2n) is 4.79. The van der Waals surface area contributed by atoms with E-state index in [1.165, 1.54) is 38.5 Å². The van der Waals surface area contributed by atoms with Gasteiger partial charge in [-0.15, -0.1) is 0 Å². The molecule has 0 aliphatic heterocycles. The van der Waals surface area contributed by atoms with Gasteiger partial charge in [-0.1, -0.05) is 32.3 Å². The van der Waals surface area contributed by atoms with Crippen molar-refractivity contribution in [2.45, 2.75) is 45.4 Å². The molecule has 0 radical (unpaired) electrons. The van der Waals surface area contributed by atoms with Crippen molar-refractivity contribution in [3.8, 4) is 0 Å². The first kappa shape index (κ1) is 9.82. The maximum absolute atomic E-state index is 6.06. The maximum Gasteiger partial charge on any atom is 0.0305 e. The van der Waals surface area contributed by atoms with E-state index >= 15 is 0 Å². The Bertz CT molecular complexity index is 262. The Hall–Kier alpha value is -0.720. The van der Waals surface area contributed by atoms with Crippen LogP contribution < -0.4 is 5.73 Å². The molecule has 0 saturated heterocycles. The van der Waals surface area contributed by atoms with Gasteiger partial charge < -0.3 is 5.73 Å². The van der Waals surface area contributed by atoms with Crippen LogP contribution in [-0.2, 0) is 0 Å². The van der Waals surface area contributed by atoms with Gasteiger partial charge in [0.1, 0.15) is 0 Å². The third-order valence-corrected chi connectivity index (χ3v) is 3.81. The van der Waals surface area contributed by atoms with Gasteiger partial charge >= 0.3 is 0 Å². The number of nitrogens with two attached hydrogens (primary N) is 1. The van der Waals surface area contributed by atoms with Crippen molar-refractivity contribution in [3.63, 3.8) is 0 Å². The van der Waals surface area contributed by atoms with Gasteiger partial charge in [0.2, 0.25) is 0 Å². The van der Waals surface area contributed by atoms with Crippen molar-refractivity contribution in [2.24, 2.45) is 17.6 Å². The van der Waals surface area contributed by atoms with Gasteiger partial charge in [0, 0.05) is 5.70 Å². The summed E-state index contributed by atoms with van der Waals surface area (Å²) in [6.45, 7) is 2.39. The highest BCUT2D eigenvalue weighted by molar-refractivity contribution is 5.29. The maximum atomic E-state index is 6.06. The predicted molar refractivity (Wildman–Crippen MR) is 60.7 cm³/mol. The van der Waals surface area contributed by atoms with Crippen LogP contribution in [0.3, 0.4) is 0 Å². The number of allylic oxidation sites excluding steroid dienone is 3. The molecule has 2 aliphatic carbocycles. The Balaban J connectivity index is 2.15. The van der Waals surface area contributed by atoms with E-state index in [9.17, 15) is 0 Å². The van der Waals surface area contributed by atoms with Crippen LogP contribution in [0.4, 0.5) is 0 Å². The molecule has 1 nitrogen and oxygen atoms in total. The molecule has 0 aromatic carbocycles. The summed E-state index contributed by atoms with van der Waals surface area (Å²) in [5.74, 6) is 1.64. The molecule has 14 heavy (non-hydrogen) atoms. The Kier molecular flexibility index (Phi) is 2.95. The van der Waals surface area contributed by atoms with Gasteiger partial charge in [0.15, 0.2) is 0 Å². The van der Waals surface area contributed by atoms with Crippen LogP contribution in [0.5, 0.6) is 0 Å². The molecule has 2 rings (SSSR count). The van der Waals surface area contributed by atoms with Crippen LogP contribution in [0, 0.1) is 11.8 Å². The van der Waals surface area contributed by atoms with Crippen LogP contribution in [0.1, 0.15) is 45.4 Å². The predicted octanol–water partition coefficient (Wildman–Crippen LogP) is 3.38. The van der Waals surface area contributed by atoms with Crippen molar-refractivity contribution < 1.29 is 0 Å². The van der Waals surface area contributed by atoms with E-state index in [2.05, 4.69) is 19.1 Å². The Labute approximate surface area is 87.1 Å². The zero-order valence-corrected chi connectivity index (χ0v) is 9.13. The molecule has 0 bridgehead atoms. The minimum absolute atomic E-state index is 0.786. The molecule has 0 aromatic rings. The van der Waals surface area contributed by atoms with E-state index in [-0.39, 0.29) is 0 Å². The molecule has 0 spiro atoms. The number of hydrogen-bond acceptors (Lipinski definition) is 1. The van der Waals surface area contributed by atoms with Gasteiger partial charge in [-0.3, -0.25) is 0 Å². The molecule has 0 aromatic heterocycles. The minimum atomic E-state index is 0.786. The number of rotatable bonds is 1. The van der Waals surface area contributed by atoms with E-state index < -0.39 is 0 Å². The monoisotopic (exact) mass is 191 g/mol. The number of hydrogen-bond donors (Lipinski definition) is 1. The molecule has 2 atom stereocenters. The summed E-state index contributed by atoms with van der Waals surface area (Å²) >= 11 is 0. The average molecular weight is 191 g/mol. The first-order valence-electron chi connectivity index (χ1n) is 5.94. The quantitative estimate of drug-likeness (QED) is 0.675. The fourth-order valence-corrected chi connectivity index (χ4v) is 2.93. The summed E-state index contributed by atoms with van der Waals surface area (Å²) in [6, 6.07) is 0. The Morgan fingerprint density at radius 2 is 2.07 bits per heavy atom. The highest BCUT2D eigenvalue weighted by Crippen LogP contribution is 2.38. The molecule has 1 saturated carbocycles. The van der Waals surface area contributed by atoms with Crippen LogP contribution in [-0.4, -0.2) is 0 Å². The fraction of sp³-hybridized carbons (Fsp3) is 0.692. The van der Waals surface area contributed by atoms with Crippen LogP contribution in [0.25, 0.3) is 0 Å². The van der Waals surface area contributed by atoms with Gasteiger partial charge in [-0.05, 0) is 42.7 Å². The van der Waals surface area contributed by atoms with Crippen molar-refractivity contribution in [1.29, 1.82) is 0 Å². The molecule has 0 amide bonds. The Morgan fingerprint density at radius 3 is 2.79 bits per heavy atom. The van der Waals surface area contributed by atoms with E-state index in [4.69, 9.17) is 5.73 Å². The molecule has 0 heterocycles. The Morgan fingerprint density at radius 1 is 1.29 bits per heavy atom. The molecule has 2 aliphatic rings. The molecular formula is C13H21N. The van der Waals surface area contributed by atoms with Gasteiger partial charge in [0.05, 0.1) is 0 Å². The van der Waals surface area contributed by atoms with E-state index in [1.54, 1.807) is 5.57 Å². The van der Waals surface area contributed by atoms with Gasteiger partial charge in [-0.25, -0.2) is 0 Å². The standard InChI is InChI=1S/C13H21N/c1-10-6-2-3-7-11(10)12-8-4-5-9-13(12)14/h5,9-11H,2-4,6-8,14H2,1H3. The molecule has 78 valence electrons. The van der Waals surface area contributed by atoms with Gasteiger partial charge in [-0.2, -0.15) is 0 Å². The van der Waals surface area contributed by atoms with Crippen molar-refractivity contribution in [3.05, 3.63) is 23.4 Å². The molecular weight excluding hydrogens is 170 g/mol. The summed E-state index contributed by atoms with van der Waals surface area (Å²) in [6.07, 6.45) is 12.3. The minimum Gasteiger partial charge on any atom is -0.399 e. The lowest BCUT2D eigenvalue weighted by Gasteiger charge is -2.32. The van der Waals surface area contributed by atoms with E-state index in [0.717, 1.165) is 17.5 Å². The summed E-state index contributed by atoms with van der Waals surface area (Å²) in [7, 11) is 0. The second-order valence-corrected chi connectivity index (χ2v) is 4.79. The molecule has 2 unspecified atom stereocenters. The van der Waals surface area contributed by atoms with E-state index in [0.29, 0.717) is 0 Å². The summed E-state index contributed by atoms with van der Waals surface area (Å²) in [5, 5.41) is 0. The zero-order valence-electron chi connectivity index (χ0n) is 9.13. The van der Waals surface area contributed by atoms with Crippen molar-refractivity contribution in [1.82, 2.24) is 0 Å². The van der Waals surface area contributed by atoms with Crippen molar-refractivity contribution >= 4 is 0 Å². The summed E-state index contributed by atoms with van der Waals surface area (Å²) < 4.78 is 0. The lowest BCUT2D eigenvalue weighted by molar-refractivity contribution is 0.286. The SMILES string of the molecule is CC1CCCCC1C1=C(N)C=CCC1. The highest BCUT2D eigenvalue weighted by Gasteiger charge is 2.26. The highest BCUT2D eigenvalue weighted by atomic mass is 14.6. The normalized spacial score (nSPS) is 33.5. The van der Waals surface area contributed by atoms with E-state index in [1.807, 2.05) is 0 Å². The average Bonchev–Trinajstić information content (AvgIpc) is 2.20. The van der Waals surface area contributed by atoms with Crippen LogP contribution in [0.15, 0.2) is 23.4 Å². The van der Waals surface area contributed by atoms with Crippen LogP contribution in [0.2, 0.25) is 0 Å². The smallest absolute Gasteiger partial charge is 0.0305 e.